The van der Waals surface area contributed by atoms with Crippen LogP contribution in [0.25, 0.3) is 0 Å². The molecule has 0 aliphatic carbocycles. The van der Waals surface area contributed by atoms with E-state index in [0.717, 1.165) is 31.3 Å². The van der Waals surface area contributed by atoms with E-state index in [-0.39, 0.29) is 11.6 Å². The summed E-state index contributed by atoms with van der Waals surface area (Å²) in [6, 6.07) is 0. The fraction of sp³-hybridized carbons (Fsp3) is 0.556. The molecule has 0 bridgehead atoms. The van der Waals surface area contributed by atoms with Crippen LogP contribution in [0.1, 0.15) is 12.8 Å². The quantitative estimate of drug-likeness (QED) is 0.745. The number of hydrogen-bond donors (Lipinski definition) is 1. The zero-order valence-corrected chi connectivity index (χ0v) is 9.40. The van der Waals surface area contributed by atoms with Crippen molar-refractivity contribution in [1.29, 1.82) is 0 Å². The summed E-state index contributed by atoms with van der Waals surface area (Å²) in [5, 5.41) is 9.34. The lowest BCUT2D eigenvalue weighted by Gasteiger charge is -2.13. The molecule has 7 heteroatoms. The second kappa shape index (κ2) is 3.99. The van der Waals surface area contributed by atoms with Crippen molar-refractivity contribution in [3.05, 3.63) is 11.1 Å². The fourth-order valence-electron chi connectivity index (χ4n) is 1.79. The first kappa shape index (κ1) is 11.3. The molecule has 16 heavy (non-hydrogen) atoms. The second-order valence-corrected chi connectivity index (χ2v) is 5.64. The Morgan fingerprint density at radius 1 is 1.44 bits per heavy atom. The minimum absolute atomic E-state index is 0.0493. The van der Waals surface area contributed by atoms with Crippen LogP contribution < -0.4 is 0 Å². The Bertz CT molecular complexity index is 472. The number of likely N-dealkylation sites (tertiary alicyclic amines) is 1. The number of carboxylic acids is 1. The SMILES string of the molecule is O=C(O)C1=CS(=O)(=O)C(CN2CCCC2)=N1. The summed E-state index contributed by atoms with van der Waals surface area (Å²) in [5.74, 6) is -1.31. The molecule has 0 aromatic rings. The van der Waals surface area contributed by atoms with Crippen LogP contribution in [-0.4, -0.2) is 49.1 Å². The molecule has 88 valence electrons. The Morgan fingerprint density at radius 3 is 2.56 bits per heavy atom. The van der Waals surface area contributed by atoms with Crippen molar-refractivity contribution < 1.29 is 18.3 Å². The Kier molecular flexibility index (Phi) is 2.81. The Hall–Kier alpha value is -1.21. The van der Waals surface area contributed by atoms with Crippen LogP contribution in [0.4, 0.5) is 0 Å². The van der Waals surface area contributed by atoms with Crippen molar-refractivity contribution in [3.8, 4) is 0 Å². The van der Waals surface area contributed by atoms with Gasteiger partial charge in [0.05, 0.1) is 12.0 Å². The van der Waals surface area contributed by atoms with E-state index in [1.165, 1.54) is 0 Å². The van der Waals surface area contributed by atoms with Crippen molar-refractivity contribution in [2.45, 2.75) is 12.8 Å². The number of carbonyl (C=O) groups is 1. The van der Waals surface area contributed by atoms with Crippen molar-refractivity contribution in [2.75, 3.05) is 19.6 Å². The van der Waals surface area contributed by atoms with Gasteiger partial charge in [0.15, 0.2) is 10.7 Å². The van der Waals surface area contributed by atoms with Crippen LogP contribution >= 0.6 is 0 Å². The maximum absolute atomic E-state index is 11.6. The molecule has 0 atom stereocenters. The standard InChI is InChI=1S/C9H12N2O4S/c12-9(13)7-6-16(14,15)8(10-7)5-11-3-1-2-4-11/h6H,1-5H2,(H,12,13). The third-order valence-electron chi connectivity index (χ3n) is 2.62. The van der Waals surface area contributed by atoms with Crippen molar-refractivity contribution >= 4 is 20.9 Å². The monoisotopic (exact) mass is 244 g/mol. The normalized spacial score (nSPS) is 24.2. The zero-order chi connectivity index (χ0) is 11.8. The van der Waals surface area contributed by atoms with E-state index in [1.54, 1.807) is 0 Å². The molecule has 2 heterocycles. The number of aliphatic carboxylic acids is 1. The molecule has 2 rings (SSSR count). The van der Waals surface area contributed by atoms with Gasteiger partial charge in [0.1, 0.15) is 0 Å². The number of sulfone groups is 1. The molecular weight excluding hydrogens is 232 g/mol. The van der Waals surface area contributed by atoms with Gasteiger partial charge in [-0.05, 0) is 25.9 Å². The van der Waals surface area contributed by atoms with Crippen molar-refractivity contribution in [3.63, 3.8) is 0 Å². The maximum atomic E-state index is 11.6. The molecule has 0 aromatic heterocycles. The first-order valence-electron chi connectivity index (χ1n) is 4.99. The van der Waals surface area contributed by atoms with Gasteiger partial charge in [-0.15, -0.1) is 0 Å². The van der Waals surface area contributed by atoms with Crippen LogP contribution in [0.15, 0.2) is 16.1 Å². The van der Waals surface area contributed by atoms with E-state index in [0.29, 0.717) is 0 Å². The average Bonchev–Trinajstić information content (AvgIpc) is 2.76. The summed E-state index contributed by atoms with van der Waals surface area (Å²) in [5.41, 5.74) is -0.394. The number of hydrogen-bond acceptors (Lipinski definition) is 5. The third kappa shape index (κ3) is 2.14. The molecule has 1 fully saturated rings. The van der Waals surface area contributed by atoms with Crippen LogP contribution in [0.3, 0.4) is 0 Å². The zero-order valence-electron chi connectivity index (χ0n) is 8.59. The summed E-state index contributed by atoms with van der Waals surface area (Å²) in [7, 11) is -3.60. The van der Waals surface area contributed by atoms with E-state index in [2.05, 4.69) is 4.99 Å². The summed E-state index contributed by atoms with van der Waals surface area (Å²) < 4.78 is 23.1. The van der Waals surface area contributed by atoms with Crippen molar-refractivity contribution in [2.24, 2.45) is 4.99 Å². The molecule has 0 unspecified atom stereocenters. The van der Waals surface area contributed by atoms with Gasteiger partial charge in [0, 0.05) is 0 Å². The summed E-state index contributed by atoms with van der Waals surface area (Å²) in [6.07, 6.45) is 2.10. The predicted molar refractivity (Wildman–Crippen MR) is 57.7 cm³/mol. The van der Waals surface area contributed by atoms with Gasteiger partial charge in [-0.1, -0.05) is 0 Å². The number of carboxylic acid groups (broad SMARTS) is 1. The van der Waals surface area contributed by atoms with Crippen LogP contribution in [0.2, 0.25) is 0 Å². The number of rotatable bonds is 3. The van der Waals surface area contributed by atoms with Crippen LogP contribution in [-0.2, 0) is 14.6 Å². The van der Waals surface area contributed by atoms with Crippen molar-refractivity contribution in [1.82, 2.24) is 4.90 Å². The molecule has 0 aromatic carbocycles. The highest BCUT2D eigenvalue weighted by Crippen LogP contribution is 2.17. The average molecular weight is 244 g/mol. The van der Waals surface area contributed by atoms with Gasteiger partial charge in [0.2, 0.25) is 9.84 Å². The van der Waals surface area contributed by atoms with Crippen LogP contribution in [0.5, 0.6) is 0 Å². The van der Waals surface area contributed by atoms with E-state index in [9.17, 15) is 13.2 Å². The lowest BCUT2D eigenvalue weighted by Crippen LogP contribution is -2.29. The smallest absolute Gasteiger partial charge is 0.355 e. The second-order valence-electron chi connectivity index (χ2n) is 3.84. The highest BCUT2D eigenvalue weighted by Gasteiger charge is 2.30. The van der Waals surface area contributed by atoms with E-state index in [4.69, 9.17) is 5.11 Å². The van der Waals surface area contributed by atoms with Gasteiger partial charge >= 0.3 is 5.97 Å². The molecular formula is C9H12N2O4S. The minimum atomic E-state index is -3.60. The van der Waals surface area contributed by atoms with Gasteiger partial charge in [-0.2, -0.15) is 0 Å². The number of aliphatic imine (C=N–C) groups is 1. The first-order valence-corrected chi connectivity index (χ1v) is 6.54. The molecule has 0 radical (unpaired) electrons. The first-order chi connectivity index (χ1) is 7.49. The molecule has 0 spiro atoms. The number of nitrogens with zero attached hydrogens (tertiary/aromatic N) is 2. The molecule has 2 aliphatic heterocycles. The highest BCUT2D eigenvalue weighted by atomic mass is 32.2. The van der Waals surface area contributed by atoms with Gasteiger partial charge in [-0.25, -0.2) is 18.2 Å². The van der Waals surface area contributed by atoms with E-state index < -0.39 is 21.5 Å². The molecule has 2 aliphatic rings. The minimum Gasteiger partial charge on any atom is -0.476 e. The lowest BCUT2D eigenvalue weighted by atomic mass is 10.4. The molecule has 1 N–H and O–H groups in total. The lowest BCUT2D eigenvalue weighted by molar-refractivity contribution is -0.132. The van der Waals surface area contributed by atoms with Gasteiger partial charge in [-0.3, -0.25) is 4.90 Å². The molecule has 6 nitrogen and oxygen atoms in total. The summed E-state index contributed by atoms with van der Waals surface area (Å²) in [4.78, 5) is 16.2. The maximum Gasteiger partial charge on any atom is 0.355 e. The van der Waals surface area contributed by atoms with E-state index in [1.807, 2.05) is 4.90 Å². The largest absolute Gasteiger partial charge is 0.476 e. The van der Waals surface area contributed by atoms with Crippen LogP contribution in [0, 0.1) is 0 Å². The van der Waals surface area contributed by atoms with Gasteiger partial charge < -0.3 is 5.11 Å². The summed E-state index contributed by atoms with van der Waals surface area (Å²) >= 11 is 0. The van der Waals surface area contributed by atoms with Gasteiger partial charge in [0.25, 0.3) is 0 Å². The molecule has 0 amide bonds. The third-order valence-corrected chi connectivity index (χ3v) is 4.03. The molecule has 1 saturated heterocycles. The highest BCUT2D eigenvalue weighted by molar-refractivity contribution is 8.09. The Labute approximate surface area is 93.2 Å². The Morgan fingerprint density at radius 2 is 2.06 bits per heavy atom. The predicted octanol–water partition coefficient (Wildman–Crippen LogP) is -0.165. The summed E-state index contributed by atoms with van der Waals surface area (Å²) in [6.45, 7) is 1.91. The fourth-order valence-corrected chi connectivity index (χ4v) is 2.97. The van der Waals surface area contributed by atoms with E-state index >= 15 is 0 Å². The molecule has 0 saturated carbocycles. The Balaban J connectivity index is 2.16. The topological polar surface area (TPSA) is 87.0 Å².